The van der Waals surface area contributed by atoms with Gasteiger partial charge in [-0.25, -0.2) is 0 Å². The Labute approximate surface area is 499 Å². The highest BCUT2D eigenvalue weighted by Gasteiger charge is 2.37. The third kappa shape index (κ3) is 51.0. The number of hydrogen-bond acceptors (Lipinski definition) is 22. The van der Waals surface area contributed by atoms with Gasteiger partial charge >= 0.3 is 63.5 Å². The van der Waals surface area contributed by atoms with Crippen LogP contribution in [0.3, 0.4) is 0 Å². The normalized spacial score (nSPS) is 13.8. The molecule has 0 spiro atoms. The van der Waals surface area contributed by atoms with Gasteiger partial charge < -0.3 is 97.3 Å². The van der Waals surface area contributed by atoms with E-state index in [0.717, 1.165) is 55.6 Å². The number of esters is 3. The Morgan fingerprint density at radius 2 is 0.529 bits per heavy atom. The van der Waals surface area contributed by atoms with Crippen molar-refractivity contribution in [1.29, 1.82) is 0 Å². The van der Waals surface area contributed by atoms with E-state index >= 15 is 0 Å². The summed E-state index contributed by atoms with van der Waals surface area (Å²) < 4.78 is 90.5. The Bertz CT molecular complexity index is 2160. The first kappa shape index (κ1) is 85.7. The zero-order valence-corrected chi connectivity index (χ0v) is 55.8. The summed E-state index contributed by atoms with van der Waals surface area (Å²) in [6.07, 6.45) is -5.04. The predicted molar refractivity (Wildman–Crippen MR) is 314 cm³/mol. The summed E-state index contributed by atoms with van der Waals surface area (Å²) in [4.78, 5) is 174. The maximum Gasteiger partial charge on any atom is 0.339 e. The largest absolute Gasteiger partial charge is 0.465 e. The number of hydrogen-bond donors (Lipinski definition) is 12. The Hall–Kier alpha value is -1.38. The lowest BCUT2D eigenvalue weighted by atomic mass is 9.92. The molecule has 0 amide bonds. The average Bonchev–Trinajstić information content (AvgIpc) is 3.44. The number of methoxy groups -OCH3 is 1. The van der Waals surface area contributed by atoms with Gasteiger partial charge in [-0.3, -0.25) is 66.2 Å². The second kappa shape index (κ2) is 43.4. The van der Waals surface area contributed by atoms with Crippen LogP contribution >= 0.6 is 45.6 Å². The number of likely N-dealkylation sites (N-methyl/N-ethyl adjacent to an activating group) is 4. The fraction of sp³-hybridized carbons (Fsp3) is 0.911. The van der Waals surface area contributed by atoms with Crippen LogP contribution in [0.25, 0.3) is 0 Å². The molecule has 0 aromatic carbocycles. The lowest BCUT2D eigenvalue weighted by molar-refractivity contribution is -0.166. The van der Waals surface area contributed by atoms with Crippen molar-refractivity contribution in [3.63, 3.8) is 0 Å². The summed E-state index contributed by atoms with van der Waals surface area (Å²) in [5.74, 6) is -2.11. The topological polar surface area (TPSA) is 476 Å². The molecule has 1 atom stereocenters. The van der Waals surface area contributed by atoms with Crippen molar-refractivity contribution in [1.82, 2.24) is 39.2 Å². The first-order valence-electron chi connectivity index (χ1n) is 27.5. The number of Topliss-reactive ketones (excluding diaryl/α,β-unsaturated/α-hetero) is 1. The van der Waals surface area contributed by atoms with Gasteiger partial charge in [0.1, 0.15) is 63.3 Å². The third-order valence-electron chi connectivity index (χ3n) is 12.7. The Morgan fingerprint density at radius 1 is 0.318 bits per heavy atom. The fourth-order valence-electron chi connectivity index (χ4n) is 8.05. The van der Waals surface area contributed by atoms with Gasteiger partial charge in [-0.15, -0.1) is 0 Å². The van der Waals surface area contributed by atoms with Gasteiger partial charge in [0, 0.05) is 92.1 Å². The van der Waals surface area contributed by atoms with Crippen LogP contribution in [0.1, 0.15) is 74.1 Å². The smallest absolute Gasteiger partial charge is 0.339 e. The molecule has 0 aromatic rings. The average molecular weight is 1360 g/mol. The van der Waals surface area contributed by atoms with Gasteiger partial charge in [0.2, 0.25) is 0 Å². The molecule has 0 aromatic heterocycles. The first-order valence-corrected chi connectivity index (χ1v) is 38.3. The maximum absolute atomic E-state index is 13.1. The molecule has 0 aliphatic rings. The first-order chi connectivity index (χ1) is 39.0. The van der Waals surface area contributed by atoms with Crippen molar-refractivity contribution < 1.29 is 124 Å². The molecular formula is C45H100N8O26P6. The molecule has 0 heterocycles. The van der Waals surface area contributed by atoms with Gasteiger partial charge in [0.25, 0.3) is 0 Å². The van der Waals surface area contributed by atoms with E-state index in [9.17, 15) is 75.9 Å². The Morgan fingerprint density at radius 3 is 0.765 bits per heavy atom. The second-order valence-electron chi connectivity index (χ2n) is 20.4. The van der Waals surface area contributed by atoms with E-state index in [1.54, 1.807) is 11.8 Å². The molecule has 0 saturated carbocycles. The van der Waals surface area contributed by atoms with Gasteiger partial charge in [0.15, 0.2) is 0 Å². The van der Waals surface area contributed by atoms with Gasteiger partial charge in [0.05, 0.1) is 31.3 Å². The zero-order chi connectivity index (χ0) is 65.9. The van der Waals surface area contributed by atoms with Crippen LogP contribution in [0.4, 0.5) is 0 Å². The van der Waals surface area contributed by atoms with Crippen molar-refractivity contribution in [2.45, 2.75) is 74.1 Å². The second-order valence-corrected chi connectivity index (χ2v) is 30.1. The molecule has 85 heavy (non-hydrogen) atoms. The SMILES string of the molecule is CC(=O)CCN(CCN(CP(=O)(O)O)CP(=O)(O)O)CP(=O)(O)O.CCN(CC)CCN(CC)CCC(=O)OCC(COC)(COC(=O)CCN(CC)CCN(CP(=O)(O)O)CP(=O)(O)O)COC(=O)CCN(CCN(CC)CC)CP(=O)(O)O. The molecule has 34 nitrogen and oxygen atoms in total. The number of rotatable bonds is 50. The minimum absolute atomic E-state index is 0.000104. The number of ketones is 1. The van der Waals surface area contributed by atoms with E-state index in [2.05, 4.69) is 28.5 Å². The molecule has 0 fully saturated rings. The van der Waals surface area contributed by atoms with Crippen molar-refractivity contribution in [3.8, 4) is 0 Å². The number of carbonyl (C=O) groups excluding carboxylic acids is 4. The van der Waals surface area contributed by atoms with Crippen molar-refractivity contribution in [2.75, 3.05) is 189 Å². The quantitative estimate of drug-likeness (QED) is 0.0212. The molecule has 0 saturated heterocycles. The zero-order valence-electron chi connectivity index (χ0n) is 50.5. The molecule has 1 unspecified atom stereocenters. The van der Waals surface area contributed by atoms with Gasteiger partial charge in [-0.1, -0.05) is 41.5 Å². The molecule has 0 aliphatic carbocycles. The summed E-state index contributed by atoms with van der Waals surface area (Å²) in [5, 5.41) is 0. The minimum atomic E-state index is -4.63. The van der Waals surface area contributed by atoms with E-state index in [1.807, 2.05) is 20.8 Å². The summed E-state index contributed by atoms with van der Waals surface area (Å²) >= 11 is 0. The van der Waals surface area contributed by atoms with E-state index < -0.39 is 107 Å². The molecule has 40 heteroatoms. The van der Waals surface area contributed by atoms with E-state index in [1.165, 1.54) is 23.8 Å². The lowest BCUT2D eigenvalue weighted by Crippen LogP contribution is -2.44. The summed E-state index contributed by atoms with van der Waals surface area (Å²) in [7, 11) is -25.9. The standard InChI is InChI=1S/C36H77N6O16P3.C9H23N2O10P3/c1-8-37(9-2)20-22-39(12-5)17-14-33(43)56-27-36(26-55-7,29-58-35(45)16-19-41(30-59(46,47)48)24-21-38(10-3)11-4)28-57-34(44)15-18-40(13-6)23-25-42(31-60(49,50)51)32-61(52,53)54;1-9(12)2-3-10(6-22(13,14)15)4-5-11(7-23(16,17)18)8-24(19,20)21/h8-32H2,1-7H3,(H2,46,47,48)(H2,49,50,51)(H2,52,53,54);2-8H2,1H3,(H2,13,14,15)(H2,16,17,18)(H2,19,20,21). The summed E-state index contributed by atoms with van der Waals surface area (Å²) in [6, 6.07) is 0. The molecule has 0 rings (SSSR count). The predicted octanol–water partition coefficient (Wildman–Crippen LogP) is -0.269. The van der Waals surface area contributed by atoms with Gasteiger partial charge in [-0.05, 0) is 46.2 Å². The number of ether oxygens (including phenoxy) is 4. The van der Waals surface area contributed by atoms with Crippen LogP contribution in [0.5, 0.6) is 0 Å². The van der Waals surface area contributed by atoms with Crippen molar-refractivity contribution in [3.05, 3.63) is 0 Å². The highest BCUT2D eigenvalue weighted by molar-refractivity contribution is 7.53. The summed E-state index contributed by atoms with van der Waals surface area (Å²) in [6.45, 7) is 19.0. The molecule has 0 radical (unpaired) electrons. The van der Waals surface area contributed by atoms with E-state index in [4.69, 9.17) is 48.3 Å². The van der Waals surface area contributed by atoms with E-state index in [-0.39, 0.29) is 104 Å². The Balaban J connectivity index is 0. The molecule has 12 N–H and O–H groups in total. The van der Waals surface area contributed by atoms with Crippen LogP contribution in [0, 0.1) is 5.41 Å². The highest BCUT2D eigenvalue weighted by Crippen LogP contribution is 2.42. The van der Waals surface area contributed by atoms with E-state index in [0.29, 0.717) is 26.2 Å². The lowest BCUT2D eigenvalue weighted by Gasteiger charge is -2.32. The van der Waals surface area contributed by atoms with Crippen LogP contribution in [0.2, 0.25) is 0 Å². The molecule has 0 bridgehead atoms. The van der Waals surface area contributed by atoms with Crippen molar-refractivity contribution >= 4 is 69.3 Å². The van der Waals surface area contributed by atoms with Crippen LogP contribution in [-0.2, 0) is 65.5 Å². The summed E-state index contributed by atoms with van der Waals surface area (Å²) in [5.41, 5.74) is -1.34. The number of carbonyl (C=O) groups is 4. The maximum atomic E-state index is 13.1. The number of nitrogens with zero attached hydrogens (tertiary/aromatic N) is 8. The monoisotopic (exact) mass is 1350 g/mol. The van der Waals surface area contributed by atoms with Crippen molar-refractivity contribution in [2.24, 2.45) is 5.41 Å². The Kier molecular flexibility index (Phi) is 43.7. The van der Waals surface area contributed by atoms with Crippen LogP contribution in [-0.4, -0.2) is 311 Å². The minimum Gasteiger partial charge on any atom is -0.465 e. The molecular weight excluding hydrogens is 1250 g/mol. The van der Waals surface area contributed by atoms with Crippen LogP contribution in [0.15, 0.2) is 0 Å². The van der Waals surface area contributed by atoms with Gasteiger partial charge in [-0.2, -0.15) is 0 Å². The third-order valence-corrected chi connectivity index (χ3v) is 17.3. The molecule has 0 aliphatic heterocycles. The fourth-order valence-corrected chi connectivity index (χ4v) is 13.0. The molecule has 506 valence electrons. The van der Waals surface area contributed by atoms with Crippen LogP contribution < -0.4 is 0 Å². The highest BCUT2D eigenvalue weighted by atomic mass is 31.2.